The highest BCUT2D eigenvalue weighted by Gasteiger charge is 2.21. The quantitative estimate of drug-likeness (QED) is 0.220. The lowest BCUT2D eigenvalue weighted by atomic mass is 9.88. The van der Waals surface area contributed by atoms with Gasteiger partial charge >= 0.3 is 0 Å². The largest absolute Gasteiger partial charge is 0.335 e. The Hall–Kier alpha value is -4.44. The minimum absolute atomic E-state index is 0.0743. The Morgan fingerprint density at radius 2 is 1.82 bits per heavy atom. The lowest BCUT2D eigenvalue weighted by molar-refractivity contribution is -0.120. The molecule has 8 nitrogen and oxygen atoms in total. The van der Waals surface area contributed by atoms with E-state index in [0.717, 1.165) is 75.0 Å². The molecule has 3 N–H and O–H groups in total. The van der Waals surface area contributed by atoms with Gasteiger partial charge in [-0.1, -0.05) is 25.3 Å². The van der Waals surface area contributed by atoms with E-state index in [1.807, 2.05) is 24.3 Å². The normalized spacial score (nSPS) is 14.3. The van der Waals surface area contributed by atoms with Gasteiger partial charge in [0.2, 0.25) is 5.91 Å². The SMILES string of the molecule is O=C(Nc1cncc(-c2ccc3[nH]nc(-c4nc5c(-c6ccc(F)s6)cncc5[nH]4)c3c2)c1)C1CCCCC1. The third-order valence-corrected chi connectivity index (χ3v) is 8.24. The Morgan fingerprint density at radius 3 is 2.67 bits per heavy atom. The number of fused-ring (bicyclic) bond motifs is 2. The molecule has 7 rings (SSSR count). The van der Waals surface area contributed by atoms with Crippen LogP contribution in [0.3, 0.4) is 0 Å². The van der Waals surface area contributed by atoms with Gasteiger partial charge in [0.25, 0.3) is 0 Å². The summed E-state index contributed by atoms with van der Waals surface area (Å²) >= 11 is 1.06. The lowest BCUT2D eigenvalue weighted by Gasteiger charge is -2.20. The molecule has 39 heavy (non-hydrogen) atoms. The van der Waals surface area contributed by atoms with Crippen molar-refractivity contribution in [2.45, 2.75) is 32.1 Å². The van der Waals surface area contributed by atoms with Crippen LogP contribution < -0.4 is 5.32 Å². The van der Waals surface area contributed by atoms with Gasteiger partial charge in [-0.15, -0.1) is 11.3 Å². The van der Waals surface area contributed by atoms with Crippen LogP contribution in [-0.4, -0.2) is 36.0 Å². The number of hydrogen-bond acceptors (Lipinski definition) is 6. The van der Waals surface area contributed by atoms with Crippen LogP contribution in [0.2, 0.25) is 0 Å². The molecule has 1 saturated carbocycles. The number of H-pyrrole nitrogens is 2. The molecular weight excluding hydrogens is 513 g/mol. The molecule has 0 bridgehead atoms. The minimum Gasteiger partial charge on any atom is -0.335 e. The highest BCUT2D eigenvalue weighted by Crippen LogP contribution is 2.35. The van der Waals surface area contributed by atoms with Crippen LogP contribution in [0, 0.1) is 11.0 Å². The number of amides is 1. The van der Waals surface area contributed by atoms with E-state index < -0.39 is 0 Å². The van der Waals surface area contributed by atoms with Crippen LogP contribution in [0.25, 0.3) is 55.0 Å². The Balaban J connectivity index is 1.22. The van der Waals surface area contributed by atoms with Crippen molar-refractivity contribution >= 4 is 44.9 Å². The van der Waals surface area contributed by atoms with E-state index in [0.29, 0.717) is 22.7 Å². The van der Waals surface area contributed by atoms with Gasteiger partial charge in [0.1, 0.15) is 11.2 Å². The van der Waals surface area contributed by atoms with Crippen LogP contribution in [0.4, 0.5) is 10.1 Å². The van der Waals surface area contributed by atoms with Crippen molar-refractivity contribution in [3.8, 4) is 33.1 Å². The van der Waals surface area contributed by atoms with Crippen molar-refractivity contribution < 1.29 is 9.18 Å². The summed E-state index contributed by atoms with van der Waals surface area (Å²) in [6.07, 6.45) is 12.2. The number of halogens is 1. The number of thiophene rings is 1. The topological polar surface area (TPSA) is 112 Å². The van der Waals surface area contributed by atoms with Gasteiger partial charge in [-0.25, -0.2) is 4.98 Å². The zero-order valence-corrected chi connectivity index (χ0v) is 21.7. The predicted octanol–water partition coefficient (Wildman–Crippen LogP) is 6.95. The van der Waals surface area contributed by atoms with Gasteiger partial charge in [0, 0.05) is 39.7 Å². The van der Waals surface area contributed by atoms with Gasteiger partial charge in [-0.2, -0.15) is 9.49 Å². The minimum atomic E-state index is -0.254. The number of imidazole rings is 1. The van der Waals surface area contributed by atoms with E-state index in [1.54, 1.807) is 30.9 Å². The van der Waals surface area contributed by atoms with Gasteiger partial charge in [-0.3, -0.25) is 19.9 Å². The molecule has 1 amide bonds. The number of carbonyl (C=O) groups excluding carboxylic acids is 1. The number of carbonyl (C=O) groups is 1. The summed E-state index contributed by atoms with van der Waals surface area (Å²) in [6.45, 7) is 0. The Labute approximate surface area is 226 Å². The molecule has 1 fully saturated rings. The first kappa shape index (κ1) is 23.7. The molecule has 6 aromatic rings. The molecule has 5 heterocycles. The average molecular weight is 538 g/mol. The van der Waals surface area contributed by atoms with E-state index in [9.17, 15) is 9.18 Å². The number of aromatic nitrogens is 6. The number of benzene rings is 1. The van der Waals surface area contributed by atoms with E-state index in [2.05, 4.69) is 30.5 Å². The molecule has 5 aromatic heterocycles. The summed E-state index contributed by atoms with van der Waals surface area (Å²) in [7, 11) is 0. The fraction of sp³-hybridized carbons (Fsp3) is 0.207. The highest BCUT2D eigenvalue weighted by molar-refractivity contribution is 7.14. The average Bonchev–Trinajstić information content (AvgIpc) is 3.71. The predicted molar refractivity (Wildman–Crippen MR) is 151 cm³/mol. The van der Waals surface area contributed by atoms with E-state index in [-0.39, 0.29) is 17.0 Å². The maximum atomic E-state index is 13.7. The number of nitrogens with one attached hydrogen (secondary N) is 3. The first-order valence-corrected chi connectivity index (χ1v) is 13.8. The third kappa shape index (κ3) is 4.46. The fourth-order valence-corrected chi connectivity index (χ4v) is 6.08. The molecule has 1 aromatic carbocycles. The Kier molecular flexibility index (Phi) is 5.89. The van der Waals surface area contributed by atoms with E-state index >= 15 is 0 Å². The summed E-state index contributed by atoms with van der Waals surface area (Å²) in [5.74, 6) is 0.738. The zero-order valence-electron chi connectivity index (χ0n) is 20.9. The molecule has 0 spiro atoms. The lowest BCUT2D eigenvalue weighted by Crippen LogP contribution is -2.24. The molecule has 194 valence electrons. The maximum absolute atomic E-state index is 13.7. The number of rotatable bonds is 5. The maximum Gasteiger partial charge on any atom is 0.227 e. The molecule has 0 saturated heterocycles. The van der Waals surface area contributed by atoms with E-state index in [4.69, 9.17) is 4.98 Å². The Morgan fingerprint density at radius 1 is 0.949 bits per heavy atom. The monoisotopic (exact) mass is 537 g/mol. The number of anilines is 1. The summed E-state index contributed by atoms with van der Waals surface area (Å²) in [5.41, 5.74) is 6.28. The van der Waals surface area contributed by atoms with Gasteiger partial charge < -0.3 is 10.3 Å². The fourth-order valence-electron chi connectivity index (χ4n) is 5.33. The molecule has 10 heteroatoms. The second kappa shape index (κ2) is 9.70. The standard InChI is InChI=1S/C29H24FN7OS/c30-25-9-8-24(39-25)21-14-32-15-23-26(21)35-28(34-23)27-20-11-17(6-7-22(20)36-37-27)18-10-19(13-31-12-18)33-29(38)16-4-2-1-3-5-16/h6-16H,1-5H2,(H,33,38)(H,34,35)(H,36,37). The van der Waals surface area contributed by atoms with Gasteiger partial charge in [-0.05, 0) is 48.7 Å². The number of aromatic amines is 2. The van der Waals surface area contributed by atoms with Crippen molar-refractivity contribution in [2.24, 2.45) is 5.92 Å². The smallest absolute Gasteiger partial charge is 0.227 e. The molecule has 0 aliphatic heterocycles. The highest BCUT2D eigenvalue weighted by atomic mass is 32.1. The third-order valence-electron chi connectivity index (χ3n) is 7.34. The van der Waals surface area contributed by atoms with Crippen LogP contribution in [0.15, 0.2) is 61.2 Å². The van der Waals surface area contributed by atoms with Crippen molar-refractivity contribution in [3.05, 3.63) is 66.3 Å². The van der Waals surface area contributed by atoms with Gasteiger partial charge in [0.15, 0.2) is 11.0 Å². The second-order valence-corrected chi connectivity index (χ2v) is 10.9. The second-order valence-electron chi connectivity index (χ2n) is 9.89. The molecule has 0 radical (unpaired) electrons. The molecule has 1 aliphatic carbocycles. The first-order valence-electron chi connectivity index (χ1n) is 13.0. The molecular formula is C29H24FN7OS. The van der Waals surface area contributed by atoms with Crippen molar-refractivity contribution in [3.63, 3.8) is 0 Å². The first-order chi connectivity index (χ1) is 19.1. The zero-order chi connectivity index (χ0) is 26.3. The summed E-state index contributed by atoms with van der Waals surface area (Å²) < 4.78 is 13.7. The summed E-state index contributed by atoms with van der Waals surface area (Å²) in [4.78, 5) is 30.4. The van der Waals surface area contributed by atoms with E-state index in [1.165, 1.54) is 12.5 Å². The van der Waals surface area contributed by atoms with Crippen molar-refractivity contribution in [1.82, 2.24) is 30.1 Å². The molecule has 1 aliphatic rings. The van der Waals surface area contributed by atoms with Crippen LogP contribution in [0.1, 0.15) is 32.1 Å². The van der Waals surface area contributed by atoms with Crippen molar-refractivity contribution in [2.75, 3.05) is 5.32 Å². The number of nitrogens with zero attached hydrogens (tertiary/aromatic N) is 4. The summed E-state index contributed by atoms with van der Waals surface area (Å²) in [6, 6.07) is 11.1. The number of pyridine rings is 2. The molecule has 0 unspecified atom stereocenters. The van der Waals surface area contributed by atoms with Gasteiger partial charge in [0.05, 0.1) is 29.1 Å². The Bertz CT molecular complexity index is 1830. The summed E-state index contributed by atoms with van der Waals surface area (Å²) in [5, 5.41) is 11.3. The number of hydrogen-bond donors (Lipinski definition) is 3. The van der Waals surface area contributed by atoms with Crippen LogP contribution in [-0.2, 0) is 4.79 Å². The van der Waals surface area contributed by atoms with Crippen molar-refractivity contribution in [1.29, 1.82) is 0 Å². The van der Waals surface area contributed by atoms with Crippen LogP contribution in [0.5, 0.6) is 0 Å². The molecule has 0 atom stereocenters. The van der Waals surface area contributed by atoms with Crippen LogP contribution >= 0.6 is 11.3 Å².